The van der Waals surface area contributed by atoms with Gasteiger partial charge >= 0.3 is 0 Å². The summed E-state index contributed by atoms with van der Waals surface area (Å²) in [5.74, 6) is 0.225. The Kier molecular flexibility index (Phi) is 10.7. The smallest absolute Gasteiger partial charge is 0.239 e. The van der Waals surface area contributed by atoms with Crippen LogP contribution in [0.25, 0.3) is 11.1 Å². The van der Waals surface area contributed by atoms with Crippen LogP contribution in [0.5, 0.6) is 5.75 Å². The standard InChI is InChI=1S/C34H41ClF2N4O2/c1-2-43-32-5-3-4-31(37)30(32)23-40-18-20-41(21-19-40)34(42)33(38)25-12-15-39(16-13-25)17-14-26-22-27(35)8-11-29(26)24-6-9-28(36)10-7-24/h3-11,22,25,33H,2,12-21,23,38H2,1H3/t33-/m1/s1. The molecule has 1 amide bonds. The lowest BCUT2D eigenvalue weighted by molar-refractivity contribution is -0.136. The number of nitrogens with zero attached hydrogens (tertiary/aromatic N) is 3. The maximum Gasteiger partial charge on any atom is 0.239 e. The summed E-state index contributed by atoms with van der Waals surface area (Å²) in [6.07, 6.45) is 2.58. The summed E-state index contributed by atoms with van der Waals surface area (Å²) in [5.41, 5.74) is 10.3. The Morgan fingerprint density at radius 2 is 1.70 bits per heavy atom. The Balaban J connectivity index is 1.09. The zero-order valence-corrected chi connectivity index (χ0v) is 25.5. The van der Waals surface area contributed by atoms with E-state index in [4.69, 9.17) is 22.1 Å². The summed E-state index contributed by atoms with van der Waals surface area (Å²) in [5, 5.41) is 0.687. The Morgan fingerprint density at radius 3 is 2.40 bits per heavy atom. The van der Waals surface area contributed by atoms with Gasteiger partial charge in [0.2, 0.25) is 5.91 Å². The van der Waals surface area contributed by atoms with Crippen LogP contribution in [0.4, 0.5) is 8.78 Å². The van der Waals surface area contributed by atoms with Crippen LogP contribution in [0.2, 0.25) is 5.02 Å². The second-order valence-electron chi connectivity index (χ2n) is 11.5. The highest BCUT2D eigenvalue weighted by atomic mass is 35.5. The summed E-state index contributed by atoms with van der Waals surface area (Å²) >= 11 is 6.32. The van der Waals surface area contributed by atoms with Crippen molar-refractivity contribution in [3.8, 4) is 16.9 Å². The highest BCUT2D eigenvalue weighted by Crippen LogP contribution is 2.29. The summed E-state index contributed by atoms with van der Waals surface area (Å²) in [6, 6.07) is 16.8. The lowest BCUT2D eigenvalue weighted by Gasteiger charge is -2.39. The van der Waals surface area contributed by atoms with Gasteiger partial charge in [-0.2, -0.15) is 0 Å². The minimum Gasteiger partial charge on any atom is -0.493 e. The minimum absolute atomic E-state index is 0.0156. The van der Waals surface area contributed by atoms with Crippen LogP contribution < -0.4 is 10.5 Å². The molecular formula is C34H41ClF2N4O2. The molecule has 0 aromatic heterocycles. The van der Waals surface area contributed by atoms with Crippen molar-refractivity contribution in [1.29, 1.82) is 0 Å². The molecule has 43 heavy (non-hydrogen) atoms. The fourth-order valence-corrected chi connectivity index (χ4v) is 6.43. The molecule has 0 aliphatic carbocycles. The number of likely N-dealkylation sites (tertiary alicyclic amines) is 1. The lowest BCUT2D eigenvalue weighted by Crippen LogP contribution is -2.55. The minimum atomic E-state index is -0.511. The van der Waals surface area contributed by atoms with E-state index in [2.05, 4.69) is 9.80 Å². The first-order chi connectivity index (χ1) is 20.8. The Hall–Kier alpha value is -3.04. The van der Waals surface area contributed by atoms with Crippen LogP contribution in [0.3, 0.4) is 0 Å². The molecule has 0 radical (unpaired) electrons. The van der Waals surface area contributed by atoms with Crippen molar-refractivity contribution >= 4 is 17.5 Å². The van der Waals surface area contributed by atoms with Crippen molar-refractivity contribution in [2.75, 3.05) is 52.4 Å². The number of nitrogens with two attached hydrogens (primary N) is 1. The Labute approximate surface area is 258 Å². The number of benzene rings is 3. The molecule has 5 rings (SSSR count). The monoisotopic (exact) mass is 610 g/mol. The average Bonchev–Trinajstić information content (AvgIpc) is 3.02. The van der Waals surface area contributed by atoms with Gasteiger partial charge in [0, 0.05) is 49.9 Å². The van der Waals surface area contributed by atoms with Gasteiger partial charge in [-0.05, 0) is 98.3 Å². The molecule has 6 nitrogen and oxygen atoms in total. The van der Waals surface area contributed by atoms with E-state index in [0.717, 1.165) is 55.6 Å². The van der Waals surface area contributed by atoms with Crippen LogP contribution in [-0.2, 0) is 17.8 Å². The second-order valence-corrected chi connectivity index (χ2v) is 12.0. The summed E-state index contributed by atoms with van der Waals surface area (Å²) in [4.78, 5) is 19.8. The van der Waals surface area contributed by atoms with Gasteiger partial charge in [-0.25, -0.2) is 8.78 Å². The molecule has 2 aliphatic rings. The van der Waals surface area contributed by atoms with Crippen LogP contribution in [0.15, 0.2) is 60.7 Å². The fourth-order valence-electron chi connectivity index (χ4n) is 6.24. The molecule has 0 saturated carbocycles. The molecule has 2 fully saturated rings. The van der Waals surface area contributed by atoms with E-state index >= 15 is 0 Å². The number of ether oxygens (including phenoxy) is 1. The van der Waals surface area contributed by atoms with Gasteiger partial charge in [0.25, 0.3) is 0 Å². The van der Waals surface area contributed by atoms with E-state index in [1.807, 2.05) is 30.0 Å². The van der Waals surface area contributed by atoms with Crippen LogP contribution in [0.1, 0.15) is 30.9 Å². The Morgan fingerprint density at radius 1 is 0.977 bits per heavy atom. The zero-order valence-electron chi connectivity index (χ0n) is 24.8. The predicted molar refractivity (Wildman–Crippen MR) is 167 cm³/mol. The molecule has 0 unspecified atom stereocenters. The van der Waals surface area contributed by atoms with Gasteiger partial charge in [0.1, 0.15) is 17.4 Å². The molecule has 0 spiro atoms. The number of hydrogen-bond donors (Lipinski definition) is 1. The molecule has 1 atom stereocenters. The molecule has 3 aromatic carbocycles. The van der Waals surface area contributed by atoms with Gasteiger partial charge in [0.15, 0.2) is 0 Å². The van der Waals surface area contributed by atoms with Crippen molar-refractivity contribution in [3.05, 3.63) is 88.4 Å². The first kappa shape index (κ1) is 31.4. The van der Waals surface area contributed by atoms with E-state index < -0.39 is 6.04 Å². The van der Waals surface area contributed by atoms with Crippen molar-refractivity contribution in [3.63, 3.8) is 0 Å². The summed E-state index contributed by atoms with van der Waals surface area (Å²) in [7, 11) is 0. The quantitative estimate of drug-likeness (QED) is 0.323. The number of halogens is 3. The average molecular weight is 611 g/mol. The van der Waals surface area contributed by atoms with Gasteiger partial charge in [0.05, 0.1) is 12.6 Å². The van der Waals surface area contributed by atoms with E-state index in [9.17, 15) is 13.6 Å². The van der Waals surface area contributed by atoms with E-state index in [1.54, 1.807) is 24.3 Å². The fraction of sp³-hybridized carbons (Fsp3) is 0.441. The summed E-state index contributed by atoms with van der Waals surface area (Å²) < 4.78 is 33.6. The number of carbonyl (C=O) groups excluding carboxylic acids is 1. The zero-order chi connectivity index (χ0) is 30.3. The second kappa shape index (κ2) is 14.6. The highest BCUT2D eigenvalue weighted by molar-refractivity contribution is 6.30. The van der Waals surface area contributed by atoms with Crippen molar-refractivity contribution in [2.45, 2.75) is 38.8 Å². The van der Waals surface area contributed by atoms with E-state index in [-0.39, 0.29) is 23.5 Å². The number of rotatable bonds is 10. The third-order valence-corrected chi connectivity index (χ3v) is 9.02. The summed E-state index contributed by atoms with van der Waals surface area (Å²) in [6.45, 7) is 7.97. The maximum atomic E-state index is 14.5. The topological polar surface area (TPSA) is 62.0 Å². The molecule has 2 aliphatic heterocycles. The molecular weight excluding hydrogens is 570 g/mol. The molecule has 230 valence electrons. The van der Waals surface area contributed by atoms with E-state index in [1.165, 1.54) is 18.2 Å². The number of hydrogen-bond acceptors (Lipinski definition) is 5. The highest BCUT2D eigenvalue weighted by Gasteiger charge is 2.33. The molecule has 0 bridgehead atoms. The van der Waals surface area contributed by atoms with Crippen molar-refractivity contribution < 1.29 is 18.3 Å². The largest absolute Gasteiger partial charge is 0.493 e. The van der Waals surface area contributed by atoms with Crippen LogP contribution >= 0.6 is 11.6 Å². The first-order valence-corrected chi connectivity index (χ1v) is 15.6. The normalized spacial score (nSPS) is 17.7. The third-order valence-electron chi connectivity index (χ3n) is 8.79. The molecule has 2 heterocycles. The molecule has 2 saturated heterocycles. The molecule has 9 heteroatoms. The number of piperazine rings is 1. The number of amides is 1. The van der Waals surface area contributed by atoms with Crippen molar-refractivity contribution in [2.24, 2.45) is 11.7 Å². The SMILES string of the molecule is CCOc1cccc(F)c1CN1CCN(C(=O)[C@H](N)C2CCN(CCc3cc(Cl)ccc3-c3ccc(F)cc3)CC2)CC1. The Bertz CT molecular complexity index is 1370. The number of piperidine rings is 1. The number of carbonyl (C=O) groups is 1. The lowest BCUT2D eigenvalue weighted by atomic mass is 9.88. The van der Waals surface area contributed by atoms with Crippen LogP contribution in [0, 0.1) is 17.6 Å². The van der Waals surface area contributed by atoms with E-state index in [0.29, 0.717) is 55.7 Å². The van der Waals surface area contributed by atoms with Gasteiger partial charge in [-0.15, -0.1) is 0 Å². The third kappa shape index (κ3) is 7.92. The van der Waals surface area contributed by atoms with Gasteiger partial charge < -0.3 is 20.3 Å². The maximum absolute atomic E-state index is 14.5. The van der Waals surface area contributed by atoms with Gasteiger partial charge in [-0.1, -0.05) is 35.9 Å². The molecule has 2 N–H and O–H groups in total. The molecule has 3 aromatic rings. The predicted octanol–water partition coefficient (Wildman–Crippen LogP) is 5.61. The van der Waals surface area contributed by atoms with Crippen LogP contribution in [-0.4, -0.2) is 79.1 Å². The van der Waals surface area contributed by atoms with Gasteiger partial charge in [-0.3, -0.25) is 9.69 Å². The first-order valence-electron chi connectivity index (χ1n) is 15.3. The van der Waals surface area contributed by atoms with Crippen molar-refractivity contribution in [1.82, 2.24) is 14.7 Å².